The van der Waals surface area contributed by atoms with Crippen LogP contribution in [0.4, 0.5) is 0 Å². The van der Waals surface area contributed by atoms with Crippen LogP contribution < -0.4 is 0 Å². The monoisotopic (exact) mass is 380 g/mol. The second-order valence-corrected chi connectivity index (χ2v) is 0. The Hall–Kier alpha value is 1.96. The Bertz CT molecular complexity index is 8.00. The first-order chi connectivity index (χ1) is 1.00. The van der Waals surface area contributed by atoms with Crippen LogP contribution in [0.25, 0.3) is 0 Å². The second-order valence-electron chi connectivity index (χ2n) is 0. The maximum Gasteiger partial charge on any atom is 0 e. The van der Waals surface area contributed by atoms with Gasteiger partial charge in [-0.25, -0.2) is 0 Å². The zero-order valence-corrected chi connectivity index (χ0v) is 11.0. The van der Waals surface area contributed by atoms with Gasteiger partial charge in [-0.1, -0.05) is 22.6 Å². The predicted molar refractivity (Wildman–Crippen MR) is 27.2 cm³/mol. The van der Waals surface area contributed by atoms with Gasteiger partial charge in [0.1, 0.15) is 0 Å². The van der Waals surface area contributed by atoms with Gasteiger partial charge in [0.25, 0.3) is 0 Å². The normalized spacial score (nSPS) is 1.50. The molecule has 0 aromatic rings. The summed E-state index contributed by atoms with van der Waals surface area (Å²) in [6, 6.07) is 0. The maximum atomic E-state index is 2.15. The van der Waals surface area contributed by atoms with Crippen molar-refractivity contribution in [3.8, 4) is 0 Å². The van der Waals surface area contributed by atoms with E-state index in [1.807, 2.05) is 4.93 Å². The molecule has 0 rings (SSSR count). The molecule has 0 aliphatic carbocycles. The molecular weight excluding hydrogens is 375 g/mol. The second kappa shape index (κ2) is 20.3. The van der Waals surface area contributed by atoms with Gasteiger partial charge in [0.15, 0.2) is 0 Å². The number of alkyl halides is 1. The number of hydrogen-bond acceptors (Lipinski definition) is 0. The van der Waals surface area contributed by atoms with Crippen LogP contribution in [0, 0.1) is 0 Å². The fourth-order valence-corrected chi connectivity index (χ4v) is 0. The molecule has 0 unspecified atom stereocenters. The van der Waals surface area contributed by atoms with Gasteiger partial charge in [-0.2, -0.15) is 0 Å². The van der Waals surface area contributed by atoms with Crippen molar-refractivity contribution in [1.29, 1.82) is 0 Å². The molecule has 0 radical (unpaired) electrons. The van der Waals surface area contributed by atoms with Crippen LogP contribution in [-0.4, -0.2) is 4.93 Å². The molecule has 0 fully saturated rings. The van der Waals surface area contributed by atoms with E-state index in [2.05, 4.69) is 22.6 Å². The van der Waals surface area contributed by atoms with E-state index < -0.39 is 0 Å². The molecule has 0 saturated heterocycles. The molecule has 0 aromatic carbocycles. The molecule has 0 aliphatic heterocycles. The Labute approximate surface area is 66.8 Å². The van der Waals surface area contributed by atoms with Crippen molar-refractivity contribution in [2.45, 2.75) is 0 Å². The first kappa shape index (κ1) is 16.7. The molecule has 0 heterocycles. The Morgan fingerprint density at radius 1 is 1.25 bits per heavy atom. The summed E-state index contributed by atoms with van der Waals surface area (Å²) in [5.74, 6) is 0. The summed E-state index contributed by atoms with van der Waals surface area (Å²) < 4.78 is 0. The van der Waals surface area contributed by atoms with E-state index >= 15 is 0 Å². The third kappa shape index (κ3) is 9.04. The summed E-state index contributed by atoms with van der Waals surface area (Å²) in [7, 11) is 0. The van der Waals surface area contributed by atoms with E-state index in [1.54, 1.807) is 0 Å². The summed E-state index contributed by atoms with van der Waals surface area (Å²) in [5.41, 5.74) is 0. The molecular formula is CH4ClHgI. The average Bonchev–Trinajstić information content (AvgIpc) is 1.00. The van der Waals surface area contributed by atoms with Crippen LogP contribution in [-0.2, 0) is 27.7 Å². The SMILES string of the molecule is CI.Cl.[Hg]. The zero-order valence-electron chi connectivity index (χ0n) is 2.49. The Balaban J connectivity index is -0.00000000500. The molecule has 0 amide bonds. The van der Waals surface area contributed by atoms with Crippen LogP contribution in [0.15, 0.2) is 0 Å². The van der Waals surface area contributed by atoms with Crippen LogP contribution in [0.2, 0.25) is 0 Å². The smallest absolute Gasteiger partial charge is 0 e. The number of rotatable bonds is 0. The van der Waals surface area contributed by atoms with Gasteiger partial charge in [0, 0.05) is 27.7 Å². The zero-order chi connectivity index (χ0) is 2.00. The van der Waals surface area contributed by atoms with Gasteiger partial charge in [-0.05, 0) is 4.93 Å². The minimum Gasteiger partial charge on any atom is -0.147 e. The molecule has 0 saturated carbocycles. The van der Waals surface area contributed by atoms with Gasteiger partial charge in [-0.15, -0.1) is 12.4 Å². The molecule has 3 heteroatoms. The molecule has 0 aliphatic rings. The van der Waals surface area contributed by atoms with Crippen molar-refractivity contribution in [3.63, 3.8) is 0 Å². The molecule has 0 N–H and O–H groups in total. The third-order valence-corrected chi connectivity index (χ3v) is 0. The Kier molecular flexibility index (Phi) is 84.9. The first-order valence-corrected chi connectivity index (χ1v) is 2.54. The van der Waals surface area contributed by atoms with E-state index in [1.165, 1.54) is 0 Å². The number of hydrogen-bond donors (Lipinski definition) is 0. The molecule has 0 nitrogen and oxygen atoms in total. The van der Waals surface area contributed by atoms with Gasteiger partial charge in [0.05, 0.1) is 0 Å². The van der Waals surface area contributed by atoms with E-state index in [0.29, 0.717) is 0 Å². The average molecular weight is 379 g/mol. The largest absolute Gasteiger partial charge is 0.147 e. The predicted octanol–water partition coefficient (Wildman–Crippen LogP) is 1.47. The topological polar surface area (TPSA) is 0 Å². The van der Waals surface area contributed by atoms with Crippen molar-refractivity contribution >= 4 is 35.0 Å². The van der Waals surface area contributed by atoms with Crippen LogP contribution in [0.5, 0.6) is 0 Å². The summed E-state index contributed by atoms with van der Waals surface area (Å²) in [5, 5.41) is 0. The number of halogens is 2. The first-order valence-electron chi connectivity index (χ1n) is 0.378. The van der Waals surface area contributed by atoms with Gasteiger partial charge < -0.3 is 0 Å². The van der Waals surface area contributed by atoms with Crippen molar-refractivity contribution in [3.05, 3.63) is 0 Å². The van der Waals surface area contributed by atoms with Gasteiger partial charge >= 0.3 is 0 Å². The fourth-order valence-electron chi connectivity index (χ4n) is 0. The Morgan fingerprint density at radius 2 is 1.25 bits per heavy atom. The Morgan fingerprint density at radius 3 is 1.25 bits per heavy atom. The quantitative estimate of drug-likeness (QED) is 0.340. The van der Waals surface area contributed by atoms with E-state index in [9.17, 15) is 0 Å². The van der Waals surface area contributed by atoms with Crippen molar-refractivity contribution < 1.29 is 27.7 Å². The molecule has 0 spiro atoms. The minimum atomic E-state index is 0. The van der Waals surface area contributed by atoms with E-state index in [4.69, 9.17) is 0 Å². The molecule has 0 atom stereocenters. The van der Waals surface area contributed by atoms with Gasteiger partial charge in [0.2, 0.25) is 0 Å². The molecule has 0 aromatic heterocycles. The molecule has 24 valence electrons. The summed E-state index contributed by atoms with van der Waals surface area (Å²) in [6.07, 6.45) is 0. The maximum absolute atomic E-state index is 2.15. The van der Waals surface area contributed by atoms with Gasteiger partial charge in [-0.3, -0.25) is 0 Å². The van der Waals surface area contributed by atoms with Crippen molar-refractivity contribution in [2.24, 2.45) is 0 Å². The van der Waals surface area contributed by atoms with Crippen LogP contribution >= 0.6 is 35.0 Å². The van der Waals surface area contributed by atoms with E-state index in [0.717, 1.165) is 0 Å². The van der Waals surface area contributed by atoms with E-state index in [-0.39, 0.29) is 40.1 Å². The van der Waals surface area contributed by atoms with Crippen LogP contribution in [0.1, 0.15) is 0 Å². The van der Waals surface area contributed by atoms with Crippen LogP contribution in [0.3, 0.4) is 0 Å². The summed E-state index contributed by atoms with van der Waals surface area (Å²) >= 11 is 2.15. The summed E-state index contributed by atoms with van der Waals surface area (Å²) in [4.78, 5) is 1.97. The standard InChI is InChI=1S/CH3I.ClH.Hg/c1-2;;/h1H3;1H;. The summed E-state index contributed by atoms with van der Waals surface area (Å²) in [6.45, 7) is 0. The third-order valence-electron chi connectivity index (χ3n) is 0. The molecule has 0 bridgehead atoms. The van der Waals surface area contributed by atoms with Crippen molar-refractivity contribution in [1.82, 2.24) is 0 Å². The minimum absolute atomic E-state index is 0. The fraction of sp³-hybridized carbons (Fsp3) is 1.00. The van der Waals surface area contributed by atoms with Crippen molar-refractivity contribution in [2.75, 3.05) is 4.93 Å². The molecule has 4 heavy (non-hydrogen) atoms.